The molecule has 0 saturated carbocycles. The topological polar surface area (TPSA) is 75.3 Å². The zero-order valence-electron chi connectivity index (χ0n) is 9.36. The first-order valence-corrected chi connectivity index (χ1v) is 6.32. The molecular weight excluding hydrogens is 224 g/mol. The number of nitrogen functional groups attached to an aromatic ring is 1. The Bertz CT molecular complexity index is 382. The Morgan fingerprint density at radius 2 is 2.31 bits per heavy atom. The molecule has 0 aliphatic heterocycles. The van der Waals surface area contributed by atoms with Crippen molar-refractivity contribution >= 4 is 23.4 Å². The number of phenolic OH excluding ortho intramolecular Hbond substituents is 1. The molecule has 1 aromatic carbocycles. The van der Waals surface area contributed by atoms with Gasteiger partial charge in [-0.15, -0.1) is 0 Å². The lowest BCUT2D eigenvalue weighted by Crippen LogP contribution is -2.34. The molecule has 1 atom stereocenters. The van der Waals surface area contributed by atoms with E-state index in [0.29, 0.717) is 11.3 Å². The highest BCUT2D eigenvalue weighted by atomic mass is 32.2. The number of phenols is 1. The molecule has 1 aromatic rings. The molecule has 0 saturated heterocycles. The summed E-state index contributed by atoms with van der Waals surface area (Å²) in [6.45, 7) is 1.92. The number of aromatic hydroxyl groups is 1. The van der Waals surface area contributed by atoms with Gasteiger partial charge in [-0.3, -0.25) is 4.79 Å². The number of anilines is 1. The third-order valence-corrected chi connectivity index (χ3v) is 2.91. The van der Waals surface area contributed by atoms with Crippen molar-refractivity contribution in [1.82, 2.24) is 5.32 Å². The molecule has 0 aliphatic carbocycles. The van der Waals surface area contributed by atoms with Crippen LogP contribution in [0.5, 0.6) is 5.75 Å². The summed E-state index contributed by atoms with van der Waals surface area (Å²) in [6, 6.07) is 4.42. The van der Waals surface area contributed by atoms with Crippen molar-refractivity contribution in [3.05, 3.63) is 23.8 Å². The normalized spacial score (nSPS) is 12.1. The van der Waals surface area contributed by atoms with Gasteiger partial charge in [-0.25, -0.2) is 0 Å². The van der Waals surface area contributed by atoms with E-state index in [2.05, 4.69) is 5.32 Å². The van der Waals surface area contributed by atoms with Crippen LogP contribution in [0.2, 0.25) is 0 Å². The van der Waals surface area contributed by atoms with Gasteiger partial charge in [0.25, 0.3) is 5.91 Å². The third kappa shape index (κ3) is 3.34. The Balaban J connectivity index is 2.76. The fourth-order valence-electron chi connectivity index (χ4n) is 1.33. The average molecular weight is 240 g/mol. The first-order chi connectivity index (χ1) is 7.54. The lowest BCUT2D eigenvalue weighted by molar-refractivity contribution is 0.0944. The zero-order valence-corrected chi connectivity index (χ0v) is 10.2. The Kier molecular flexibility index (Phi) is 4.49. The van der Waals surface area contributed by atoms with Crippen LogP contribution in [0.25, 0.3) is 0 Å². The number of thioether (sulfide) groups is 1. The molecule has 0 radical (unpaired) electrons. The van der Waals surface area contributed by atoms with Gasteiger partial charge in [0.2, 0.25) is 0 Å². The summed E-state index contributed by atoms with van der Waals surface area (Å²) in [4.78, 5) is 11.8. The van der Waals surface area contributed by atoms with E-state index in [0.717, 1.165) is 5.75 Å². The van der Waals surface area contributed by atoms with Crippen LogP contribution in [0.1, 0.15) is 17.3 Å². The predicted octanol–water partition coefficient (Wildman–Crippen LogP) is 1.46. The van der Waals surface area contributed by atoms with E-state index in [9.17, 15) is 9.90 Å². The van der Waals surface area contributed by atoms with Crippen molar-refractivity contribution in [3.8, 4) is 5.75 Å². The second-order valence-electron chi connectivity index (χ2n) is 3.60. The van der Waals surface area contributed by atoms with Gasteiger partial charge in [0.1, 0.15) is 5.75 Å². The molecule has 1 unspecified atom stereocenters. The molecule has 0 aliphatic rings. The molecule has 0 spiro atoms. The largest absolute Gasteiger partial charge is 0.508 e. The van der Waals surface area contributed by atoms with E-state index in [-0.39, 0.29) is 17.7 Å². The lowest BCUT2D eigenvalue weighted by atomic mass is 10.1. The Morgan fingerprint density at radius 3 is 2.94 bits per heavy atom. The number of amides is 1. The van der Waals surface area contributed by atoms with E-state index in [1.807, 2.05) is 13.2 Å². The zero-order chi connectivity index (χ0) is 12.1. The molecular formula is C11H16N2O2S. The van der Waals surface area contributed by atoms with Gasteiger partial charge in [-0.1, -0.05) is 0 Å². The van der Waals surface area contributed by atoms with Crippen molar-refractivity contribution in [2.45, 2.75) is 13.0 Å². The summed E-state index contributed by atoms with van der Waals surface area (Å²) >= 11 is 1.66. The van der Waals surface area contributed by atoms with Gasteiger partial charge in [0.05, 0.1) is 5.56 Å². The van der Waals surface area contributed by atoms with Gasteiger partial charge in [0, 0.05) is 17.5 Å². The fourth-order valence-corrected chi connectivity index (χ4v) is 1.92. The number of rotatable bonds is 4. The minimum absolute atomic E-state index is 0.0388. The molecule has 0 fully saturated rings. The number of carbonyl (C=O) groups excluding carboxylic acids is 1. The van der Waals surface area contributed by atoms with Crippen LogP contribution < -0.4 is 11.1 Å². The second kappa shape index (κ2) is 5.65. The quantitative estimate of drug-likeness (QED) is 0.550. The first-order valence-electron chi connectivity index (χ1n) is 4.93. The van der Waals surface area contributed by atoms with E-state index < -0.39 is 0 Å². The van der Waals surface area contributed by atoms with Gasteiger partial charge < -0.3 is 16.2 Å². The van der Waals surface area contributed by atoms with Crippen LogP contribution in [0.3, 0.4) is 0 Å². The molecule has 0 bridgehead atoms. The Labute approximate surface area is 99.2 Å². The molecule has 4 N–H and O–H groups in total. The summed E-state index contributed by atoms with van der Waals surface area (Å²) in [7, 11) is 0. The van der Waals surface area contributed by atoms with Crippen LogP contribution in [0.4, 0.5) is 5.69 Å². The molecule has 4 nitrogen and oxygen atoms in total. The van der Waals surface area contributed by atoms with Crippen molar-refractivity contribution in [1.29, 1.82) is 0 Å². The highest BCUT2D eigenvalue weighted by Crippen LogP contribution is 2.18. The summed E-state index contributed by atoms with van der Waals surface area (Å²) < 4.78 is 0. The van der Waals surface area contributed by atoms with Gasteiger partial charge in [-0.05, 0) is 31.4 Å². The molecule has 1 amide bonds. The second-order valence-corrected chi connectivity index (χ2v) is 4.51. The third-order valence-electron chi connectivity index (χ3n) is 2.08. The molecule has 5 heteroatoms. The maximum Gasteiger partial charge on any atom is 0.253 e. The average Bonchev–Trinajstić information content (AvgIpc) is 2.21. The molecule has 0 aromatic heterocycles. The molecule has 16 heavy (non-hydrogen) atoms. The van der Waals surface area contributed by atoms with Gasteiger partial charge >= 0.3 is 0 Å². The minimum atomic E-state index is -0.255. The van der Waals surface area contributed by atoms with Crippen molar-refractivity contribution in [2.24, 2.45) is 0 Å². The smallest absolute Gasteiger partial charge is 0.253 e. The van der Waals surface area contributed by atoms with E-state index in [4.69, 9.17) is 5.73 Å². The van der Waals surface area contributed by atoms with Crippen LogP contribution in [-0.4, -0.2) is 29.1 Å². The van der Waals surface area contributed by atoms with Crippen LogP contribution in [-0.2, 0) is 0 Å². The highest BCUT2D eigenvalue weighted by Gasteiger charge is 2.12. The van der Waals surface area contributed by atoms with Gasteiger partial charge in [0.15, 0.2) is 0 Å². The number of nitrogens with two attached hydrogens (primary N) is 1. The summed E-state index contributed by atoms with van der Waals surface area (Å²) in [5.74, 6) is 0.622. The highest BCUT2D eigenvalue weighted by molar-refractivity contribution is 7.98. The van der Waals surface area contributed by atoms with E-state index in [1.54, 1.807) is 11.8 Å². The summed E-state index contributed by atoms with van der Waals surface area (Å²) in [5.41, 5.74) is 6.34. The monoisotopic (exact) mass is 240 g/mol. The minimum Gasteiger partial charge on any atom is -0.508 e. The van der Waals surface area contributed by atoms with Crippen molar-refractivity contribution in [2.75, 3.05) is 17.7 Å². The van der Waals surface area contributed by atoms with E-state index in [1.165, 1.54) is 18.2 Å². The standard InChI is InChI=1S/C11H16N2O2S/c1-7(6-16-2)13-11(15)9-5-8(14)3-4-10(9)12/h3-5,7,14H,6,12H2,1-2H3,(H,13,15). The number of hydrogen-bond donors (Lipinski definition) is 3. The summed E-state index contributed by atoms with van der Waals surface area (Å²) in [5, 5.41) is 12.1. The van der Waals surface area contributed by atoms with Crippen LogP contribution in [0, 0.1) is 0 Å². The Morgan fingerprint density at radius 1 is 1.62 bits per heavy atom. The number of nitrogens with one attached hydrogen (secondary N) is 1. The SMILES string of the molecule is CSCC(C)NC(=O)c1cc(O)ccc1N. The molecule has 0 heterocycles. The Hall–Kier alpha value is -1.36. The fraction of sp³-hybridized carbons (Fsp3) is 0.364. The number of benzene rings is 1. The summed E-state index contributed by atoms with van der Waals surface area (Å²) in [6.07, 6.45) is 1.98. The maximum atomic E-state index is 11.8. The first kappa shape index (κ1) is 12.7. The van der Waals surface area contributed by atoms with Gasteiger partial charge in [-0.2, -0.15) is 11.8 Å². The van der Waals surface area contributed by atoms with Crippen LogP contribution in [0.15, 0.2) is 18.2 Å². The molecule has 1 rings (SSSR count). The van der Waals surface area contributed by atoms with Crippen molar-refractivity contribution in [3.63, 3.8) is 0 Å². The number of hydrogen-bond acceptors (Lipinski definition) is 4. The molecule has 88 valence electrons. The maximum absolute atomic E-state index is 11.8. The lowest BCUT2D eigenvalue weighted by Gasteiger charge is -2.13. The van der Waals surface area contributed by atoms with Crippen molar-refractivity contribution < 1.29 is 9.90 Å². The van der Waals surface area contributed by atoms with Crippen LogP contribution >= 0.6 is 11.8 Å². The van der Waals surface area contributed by atoms with E-state index >= 15 is 0 Å². The number of carbonyl (C=O) groups is 1. The predicted molar refractivity (Wildman–Crippen MR) is 67.8 cm³/mol.